The lowest BCUT2D eigenvalue weighted by Crippen LogP contribution is -2.00. The zero-order valence-electron chi connectivity index (χ0n) is 13.2. The van der Waals surface area contributed by atoms with Gasteiger partial charge in [-0.2, -0.15) is 0 Å². The van der Waals surface area contributed by atoms with Crippen LogP contribution in [0.15, 0.2) is 18.2 Å². The van der Waals surface area contributed by atoms with Gasteiger partial charge in [-0.25, -0.2) is 0 Å². The number of aryl methyl sites for hydroxylation is 1. The van der Waals surface area contributed by atoms with Gasteiger partial charge in [-0.1, -0.05) is 12.1 Å². The fraction of sp³-hybridized carbons (Fsp3) is 0.316. The first-order chi connectivity index (χ1) is 9.38. The Bertz CT molecular complexity index is 664. The topological polar surface area (TPSA) is 17.1 Å². The lowest BCUT2D eigenvalue weighted by molar-refractivity contribution is 0.112. The predicted molar refractivity (Wildman–Crippen MR) is 85.7 cm³/mol. The smallest absolute Gasteiger partial charge is 0.150 e. The highest BCUT2D eigenvalue weighted by molar-refractivity contribution is 5.81. The summed E-state index contributed by atoms with van der Waals surface area (Å²) in [5.74, 6) is 0. The molecule has 0 saturated carbocycles. The molecule has 0 fully saturated rings. The van der Waals surface area contributed by atoms with E-state index in [1.807, 2.05) is 12.1 Å². The van der Waals surface area contributed by atoms with Crippen molar-refractivity contribution in [2.75, 3.05) is 0 Å². The Kier molecular flexibility index (Phi) is 3.80. The van der Waals surface area contributed by atoms with Crippen LogP contribution in [-0.2, 0) is 0 Å². The van der Waals surface area contributed by atoms with Crippen LogP contribution in [0.5, 0.6) is 0 Å². The molecule has 0 aromatic heterocycles. The second-order valence-corrected chi connectivity index (χ2v) is 5.69. The van der Waals surface area contributed by atoms with Crippen molar-refractivity contribution < 1.29 is 4.79 Å². The molecule has 0 atom stereocenters. The van der Waals surface area contributed by atoms with Crippen LogP contribution in [0.1, 0.15) is 43.7 Å². The van der Waals surface area contributed by atoms with Gasteiger partial charge < -0.3 is 0 Å². The third-order valence-corrected chi connectivity index (χ3v) is 4.66. The van der Waals surface area contributed by atoms with E-state index < -0.39 is 0 Å². The summed E-state index contributed by atoms with van der Waals surface area (Å²) in [5, 5.41) is 0. The summed E-state index contributed by atoms with van der Waals surface area (Å²) in [7, 11) is 0. The number of hydrogen-bond acceptors (Lipinski definition) is 1. The monoisotopic (exact) mass is 266 g/mol. The minimum Gasteiger partial charge on any atom is -0.298 e. The Hall–Kier alpha value is -1.89. The second kappa shape index (κ2) is 5.24. The predicted octanol–water partition coefficient (Wildman–Crippen LogP) is 5.02. The van der Waals surface area contributed by atoms with Crippen molar-refractivity contribution >= 4 is 6.29 Å². The van der Waals surface area contributed by atoms with E-state index in [1.165, 1.54) is 38.9 Å². The molecule has 2 aromatic rings. The third-order valence-electron chi connectivity index (χ3n) is 4.66. The number of hydrogen-bond donors (Lipinski definition) is 0. The van der Waals surface area contributed by atoms with Gasteiger partial charge in [0.05, 0.1) is 0 Å². The summed E-state index contributed by atoms with van der Waals surface area (Å²) in [6.45, 7) is 13.0. The lowest BCUT2D eigenvalue weighted by atomic mass is 9.85. The van der Waals surface area contributed by atoms with Gasteiger partial charge in [0.1, 0.15) is 6.29 Å². The van der Waals surface area contributed by atoms with E-state index >= 15 is 0 Å². The van der Waals surface area contributed by atoms with E-state index in [1.54, 1.807) is 0 Å². The van der Waals surface area contributed by atoms with Gasteiger partial charge in [0.15, 0.2) is 0 Å². The molecule has 1 heteroatoms. The normalized spacial score (nSPS) is 10.7. The van der Waals surface area contributed by atoms with E-state index in [4.69, 9.17) is 0 Å². The highest BCUT2D eigenvalue weighted by Gasteiger charge is 2.15. The Morgan fingerprint density at radius 3 is 1.70 bits per heavy atom. The highest BCUT2D eigenvalue weighted by atomic mass is 16.1. The molecule has 0 aliphatic carbocycles. The van der Waals surface area contributed by atoms with Crippen molar-refractivity contribution in [1.82, 2.24) is 0 Å². The van der Waals surface area contributed by atoms with Gasteiger partial charge in [0, 0.05) is 5.56 Å². The van der Waals surface area contributed by atoms with E-state index in [9.17, 15) is 4.79 Å². The summed E-state index contributed by atoms with van der Waals surface area (Å²) >= 11 is 0. The van der Waals surface area contributed by atoms with Gasteiger partial charge >= 0.3 is 0 Å². The molecule has 0 unspecified atom stereocenters. The zero-order valence-corrected chi connectivity index (χ0v) is 13.2. The van der Waals surface area contributed by atoms with Crippen LogP contribution in [-0.4, -0.2) is 6.29 Å². The number of aldehydes is 1. The van der Waals surface area contributed by atoms with Gasteiger partial charge in [-0.15, -0.1) is 0 Å². The molecule has 0 saturated heterocycles. The van der Waals surface area contributed by atoms with Gasteiger partial charge in [0.25, 0.3) is 0 Å². The van der Waals surface area contributed by atoms with Crippen molar-refractivity contribution in [1.29, 1.82) is 0 Å². The average molecular weight is 266 g/mol. The van der Waals surface area contributed by atoms with Gasteiger partial charge in [0.2, 0.25) is 0 Å². The van der Waals surface area contributed by atoms with Crippen molar-refractivity contribution in [3.8, 4) is 11.1 Å². The molecule has 1 nitrogen and oxygen atoms in total. The van der Waals surface area contributed by atoms with E-state index in [0.29, 0.717) is 0 Å². The first kappa shape index (κ1) is 14.5. The maximum atomic E-state index is 10.9. The van der Waals surface area contributed by atoms with Crippen LogP contribution >= 0.6 is 0 Å². The van der Waals surface area contributed by atoms with Crippen LogP contribution in [0.2, 0.25) is 0 Å². The van der Waals surface area contributed by atoms with Gasteiger partial charge in [-0.3, -0.25) is 4.79 Å². The van der Waals surface area contributed by atoms with E-state index in [0.717, 1.165) is 17.4 Å². The molecule has 0 heterocycles. The average Bonchev–Trinajstić information content (AvgIpc) is 2.44. The Balaban J connectivity index is 2.80. The minimum absolute atomic E-state index is 0.738. The standard InChI is InChI=1S/C19H22O/c1-11-9-17(10-20)7-8-18(11)19-15(5)13(3)12(2)14(4)16(19)6/h7-10H,1-6H3. The van der Waals surface area contributed by atoms with Crippen molar-refractivity contribution in [2.24, 2.45) is 0 Å². The third kappa shape index (κ3) is 2.18. The molecule has 2 rings (SSSR count). The van der Waals surface area contributed by atoms with Crippen molar-refractivity contribution in [3.05, 3.63) is 57.1 Å². The SMILES string of the molecule is Cc1cc(C=O)ccc1-c1c(C)c(C)c(C)c(C)c1C. The van der Waals surface area contributed by atoms with Crippen LogP contribution in [0.25, 0.3) is 11.1 Å². The molecule has 0 N–H and O–H groups in total. The fourth-order valence-corrected chi connectivity index (χ4v) is 2.94. The summed E-state index contributed by atoms with van der Waals surface area (Å²) in [6, 6.07) is 5.94. The maximum Gasteiger partial charge on any atom is 0.150 e. The van der Waals surface area contributed by atoms with E-state index in [-0.39, 0.29) is 0 Å². The van der Waals surface area contributed by atoms with E-state index in [2.05, 4.69) is 47.6 Å². The lowest BCUT2D eigenvalue weighted by Gasteiger charge is -2.20. The molecule has 0 spiro atoms. The van der Waals surface area contributed by atoms with Crippen LogP contribution in [0, 0.1) is 41.5 Å². The van der Waals surface area contributed by atoms with Crippen LogP contribution in [0.3, 0.4) is 0 Å². The van der Waals surface area contributed by atoms with Crippen LogP contribution in [0.4, 0.5) is 0 Å². The molecule has 104 valence electrons. The van der Waals surface area contributed by atoms with Gasteiger partial charge in [-0.05, 0) is 92.1 Å². The fourth-order valence-electron chi connectivity index (χ4n) is 2.94. The summed E-state index contributed by atoms with van der Waals surface area (Å²) in [6.07, 6.45) is 0.905. The number of rotatable bonds is 2. The Morgan fingerprint density at radius 2 is 1.25 bits per heavy atom. The number of carbonyl (C=O) groups excluding carboxylic acids is 1. The molecule has 20 heavy (non-hydrogen) atoms. The quantitative estimate of drug-likeness (QED) is 0.698. The maximum absolute atomic E-state index is 10.9. The molecule has 2 aromatic carbocycles. The second-order valence-electron chi connectivity index (χ2n) is 5.69. The molecular formula is C19H22O. The summed E-state index contributed by atoms with van der Waals surface area (Å²) < 4.78 is 0. The molecule has 0 aliphatic heterocycles. The first-order valence-corrected chi connectivity index (χ1v) is 7.01. The Morgan fingerprint density at radius 1 is 0.750 bits per heavy atom. The first-order valence-electron chi connectivity index (χ1n) is 7.01. The summed E-state index contributed by atoms with van der Waals surface area (Å²) in [5.41, 5.74) is 11.2. The largest absolute Gasteiger partial charge is 0.298 e. The van der Waals surface area contributed by atoms with Crippen molar-refractivity contribution in [2.45, 2.75) is 41.5 Å². The Labute approximate surface area is 121 Å². The highest BCUT2D eigenvalue weighted by Crippen LogP contribution is 2.35. The molecule has 0 bridgehead atoms. The van der Waals surface area contributed by atoms with Crippen molar-refractivity contribution in [3.63, 3.8) is 0 Å². The molecule has 0 amide bonds. The molecule has 0 radical (unpaired) electrons. The zero-order chi connectivity index (χ0) is 15.0. The molecule has 0 aliphatic rings. The summed E-state index contributed by atoms with van der Waals surface area (Å²) in [4.78, 5) is 10.9. The number of benzene rings is 2. The number of carbonyl (C=O) groups is 1. The van der Waals surface area contributed by atoms with Crippen LogP contribution < -0.4 is 0 Å². The molecular weight excluding hydrogens is 244 g/mol. The minimum atomic E-state index is 0.738.